The fourth-order valence-corrected chi connectivity index (χ4v) is 5.68. The van der Waals surface area contributed by atoms with Gasteiger partial charge in [-0.05, 0) is 48.7 Å². The molecule has 0 aromatic heterocycles. The van der Waals surface area contributed by atoms with Crippen molar-refractivity contribution in [3.8, 4) is 17.2 Å². The van der Waals surface area contributed by atoms with Gasteiger partial charge in [0.2, 0.25) is 6.79 Å². The Labute approximate surface area is 272 Å². The molecule has 0 saturated carbocycles. The second-order valence-corrected chi connectivity index (χ2v) is 11.8. The Bertz CT molecular complexity index is 1810. The predicted octanol–water partition coefficient (Wildman–Crippen LogP) is 5.60. The first-order valence-electron chi connectivity index (χ1n) is 15.4. The normalized spacial score (nSPS) is 17.5. The summed E-state index contributed by atoms with van der Waals surface area (Å²) < 4.78 is 17.1. The summed E-state index contributed by atoms with van der Waals surface area (Å²) in [5.41, 5.74) is 1.80. The van der Waals surface area contributed by atoms with E-state index in [9.17, 15) is 19.5 Å². The van der Waals surface area contributed by atoms with Crippen LogP contribution in [0.4, 0.5) is 26.7 Å². The molecule has 5 amide bonds. The molecule has 12 heteroatoms. The number of carbonyl (C=O) groups is 3. The molecule has 2 heterocycles. The minimum absolute atomic E-state index is 0.121. The molecule has 2 aliphatic rings. The molecule has 0 bridgehead atoms. The molecule has 0 spiro atoms. The summed E-state index contributed by atoms with van der Waals surface area (Å²) >= 11 is 0. The summed E-state index contributed by atoms with van der Waals surface area (Å²) in [7, 11) is 1.70. The summed E-state index contributed by atoms with van der Waals surface area (Å²) in [4.78, 5) is 43.2. The maximum absolute atomic E-state index is 13.8. The maximum Gasteiger partial charge on any atom is 0.323 e. The lowest BCUT2D eigenvalue weighted by atomic mass is 9.99. The number of nitrogens with zero attached hydrogens (tertiary/aromatic N) is 2. The number of aliphatic hydroxyl groups is 1. The van der Waals surface area contributed by atoms with Crippen LogP contribution in [-0.2, 0) is 0 Å². The Morgan fingerprint density at radius 3 is 2.43 bits per heavy atom. The molecule has 4 N–H and O–H groups in total. The van der Waals surface area contributed by atoms with Crippen molar-refractivity contribution in [3.05, 3.63) is 84.4 Å². The van der Waals surface area contributed by atoms with Crippen LogP contribution in [0.1, 0.15) is 24.2 Å². The molecule has 244 valence electrons. The first-order chi connectivity index (χ1) is 22.7. The third-order valence-corrected chi connectivity index (χ3v) is 8.38. The molecular weight excluding hydrogens is 602 g/mol. The third kappa shape index (κ3) is 6.87. The van der Waals surface area contributed by atoms with E-state index in [-0.39, 0.29) is 49.9 Å². The quantitative estimate of drug-likeness (QED) is 0.206. The van der Waals surface area contributed by atoms with Gasteiger partial charge in [-0.25, -0.2) is 9.59 Å². The topological polar surface area (TPSA) is 142 Å². The van der Waals surface area contributed by atoms with E-state index in [4.69, 9.17) is 14.2 Å². The predicted molar refractivity (Wildman–Crippen MR) is 178 cm³/mol. The van der Waals surface area contributed by atoms with Crippen LogP contribution in [0.15, 0.2) is 78.9 Å². The number of hydrogen-bond acceptors (Lipinski definition) is 7. The van der Waals surface area contributed by atoms with Gasteiger partial charge in [-0.15, -0.1) is 0 Å². The van der Waals surface area contributed by atoms with Gasteiger partial charge in [0.05, 0.1) is 30.4 Å². The van der Waals surface area contributed by atoms with E-state index in [1.807, 2.05) is 49.4 Å². The Balaban J connectivity index is 1.20. The van der Waals surface area contributed by atoms with Gasteiger partial charge >= 0.3 is 12.1 Å². The maximum atomic E-state index is 13.8. The summed E-state index contributed by atoms with van der Waals surface area (Å²) in [5, 5.41) is 20.5. The van der Waals surface area contributed by atoms with Crippen LogP contribution in [0.3, 0.4) is 0 Å². The number of benzene rings is 4. The molecular formula is C35H37N5O7. The fraction of sp³-hybridized carbons (Fsp3) is 0.286. The highest BCUT2D eigenvalue weighted by atomic mass is 16.7. The van der Waals surface area contributed by atoms with Crippen LogP contribution < -0.4 is 30.2 Å². The second-order valence-electron chi connectivity index (χ2n) is 11.8. The number of likely N-dealkylation sites (N-methyl/N-ethyl adjacent to an activating group) is 1. The highest BCUT2D eigenvalue weighted by Crippen LogP contribution is 2.35. The molecule has 4 aromatic carbocycles. The van der Waals surface area contributed by atoms with Crippen LogP contribution >= 0.6 is 0 Å². The van der Waals surface area contributed by atoms with E-state index in [2.05, 4.69) is 16.0 Å². The van der Waals surface area contributed by atoms with Crippen molar-refractivity contribution in [2.75, 3.05) is 49.5 Å². The van der Waals surface area contributed by atoms with Crippen LogP contribution in [0.2, 0.25) is 0 Å². The fourth-order valence-electron chi connectivity index (χ4n) is 5.68. The molecule has 2 aliphatic heterocycles. The summed E-state index contributed by atoms with van der Waals surface area (Å²) in [6.07, 6.45) is -0.494. The molecule has 0 unspecified atom stereocenters. The van der Waals surface area contributed by atoms with E-state index in [0.29, 0.717) is 34.3 Å². The average Bonchev–Trinajstić information content (AvgIpc) is 3.54. The summed E-state index contributed by atoms with van der Waals surface area (Å²) in [6, 6.07) is 22.2. The Kier molecular flexibility index (Phi) is 9.03. The zero-order valence-electron chi connectivity index (χ0n) is 26.4. The molecule has 0 fully saturated rings. The first-order valence-corrected chi connectivity index (χ1v) is 15.4. The molecule has 0 saturated heterocycles. The minimum Gasteiger partial charge on any atom is -0.487 e. The number of nitrogens with one attached hydrogen (secondary N) is 3. The highest BCUT2D eigenvalue weighted by Gasteiger charge is 2.34. The lowest BCUT2D eigenvalue weighted by Gasteiger charge is -2.38. The van der Waals surface area contributed by atoms with Gasteiger partial charge in [0.1, 0.15) is 11.9 Å². The molecule has 4 aromatic rings. The van der Waals surface area contributed by atoms with Crippen molar-refractivity contribution in [2.24, 2.45) is 5.92 Å². The molecule has 3 atom stereocenters. The van der Waals surface area contributed by atoms with Crippen molar-refractivity contribution in [1.29, 1.82) is 0 Å². The van der Waals surface area contributed by atoms with Gasteiger partial charge in [-0.2, -0.15) is 0 Å². The SMILES string of the molecule is C[C@@H]1CN([C@H](C)CO)C(=O)c2cc(NC(=O)Nc3ccc4c(c3)OCO4)ccc2O[C@H]1CN(C)C(=O)Nc1cccc2ccccc12. The average molecular weight is 640 g/mol. The first kappa shape index (κ1) is 31.5. The van der Waals surface area contributed by atoms with Crippen molar-refractivity contribution >= 4 is 45.8 Å². The zero-order chi connectivity index (χ0) is 33.1. The largest absolute Gasteiger partial charge is 0.487 e. The molecule has 47 heavy (non-hydrogen) atoms. The Morgan fingerprint density at radius 1 is 0.936 bits per heavy atom. The molecule has 0 radical (unpaired) electrons. The van der Waals surface area contributed by atoms with E-state index < -0.39 is 18.2 Å². The standard InChI is InChI=1S/C35H37N5O7/c1-21-17-40(22(2)19-41)33(42)27-15-24(36-34(43)37-25-12-14-30-31(16-25)46-20-45-30)11-13-29(27)47-32(21)18-39(3)35(44)38-28-10-6-8-23-7-4-5-9-26(23)28/h4-16,21-22,32,41H,17-20H2,1-3H3,(H,38,44)(H2,36,37,43)/t21-,22-,32+/m1/s1. The highest BCUT2D eigenvalue weighted by molar-refractivity contribution is 6.03. The van der Waals surface area contributed by atoms with Gasteiger partial charge in [-0.1, -0.05) is 43.3 Å². The number of aliphatic hydroxyl groups excluding tert-OH is 1. The van der Waals surface area contributed by atoms with Gasteiger partial charge < -0.3 is 45.1 Å². The molecule has 12 nitrogen and oxygen atoms in total. The number of anilines is 3. The Morgan fingerprint density at radius 2 is 1.64 bits per heavy atom. The van der Waals surface area contributed by atoms with Gasteiger partial charge in [0.25, 0.3) is 5.91 Å². The van der Waals surface area contributed by atoms with Crippen LogP contribution in [0.25, 0.3) is 10.8 Å². The van der Waals surface area contributed by atoms with E-state index in [1.54, 1.807) is 60.2 Å². The summed E-state index contributed by atoms with van der Waals surface area (Å²) in [5.74, 6) is 0.909. The molecule has 0 aliphatic carbocycles. The third-order valence-electron chi connectivity index (χ3n) is 8.38. The monoisotopic (exact) mass is 639 g/mol. The van der Waals surface area contributed by atoms with Crippen molar-refractivity contribution in [3.63, 3.8) is 0 Å². The number of hydrogen-bond donors (Lipinski definition) is 4. The summed E-state index contributed by atoms with van der Waals surface area (Å²) in [6.45, 7) is 4.12. The number of carbonyl (C=O) groups excluding carboxylic acids is 3. The lowest BCUT2D eigenvalue weighted by molar-refractivity contribution is 0.0371. The van der Waals surface area contributed by atoms with Crippen LogP contribution in [0.5, 0.6) is 17.2 Å². The lowest BCUT2D eigenvalue weighted by Crippen LogP contribution is -2.50. The number of amides is 5. The zero-order valence-corrected chi connectivity index (χ0v) is 26.4. The van der Waals surface area contributed by atoms with Crippen molar-refractivity contribution in [2.45, 2.75) is 26.0 Å². The minimum atomic E-state index is -0.520. The number of fused-ring (bicyclic) bond motifs is 3. The van der Waals surface area contributed by atoms with E-state index in [0.717, 1.165) is 10.8 Å². The van der Waals surface area contributed by atoms with E-state index in [1.165, 1.54) is 0 Å². The van der Waals surface area contributed by atoms with Crippen molar-refractivity contribution in [1.82, 2.24) is 9.80 Å². The Hall–Kier alpha value is -5.49. The van der Waals surface area contributed by atoms with Gasteiger partial charge in [-0.3, -0.25) is 4.79 Å². The number of ether oxygens (including phenoxy) is 3. The van der Waals surface area contributed by atoms with Gasteiger partial charge in [0, 0.05) is 42.3 Å². The smallest absolute Gasteiger partial charge is 0.323 e. The van der Waals surface area contributed by atoms with Crippen LogP contribution in [-0.4, -0.2) is 78.6 Å². The van der Waals surface area contributed by atoms with Crippen molar-refractivity contribution < 1.29 is 33.7 Å². The second kappa shape index (κ2) is 13.5. The molecule has 6 rings (SSSR count). The van der Waals surface area contributed by atoms with E-state index >= 15 is 0 Å². The number of urea groups is 2. The number of rotatable bonds is 7. The van der Waals surface area contributed by atoms with Gasteiger partial charge in [0.15, 0.2) is 11.5 Å². The van der Waals surface area contributed by atoms with Crippen LogP contribution in [0, 0.1) is 5.92 Å².